The van der Waals surface area contributed by atoms with E-state index in [9.17, 15) is 4.39 Å². The molecule has 2 nitrogen and oxygen atoms in total. The van der Waals surface area contributed by atoms with Gasteiger partial charge in [-0.25, -0.2) is 4.39 Å². The Labute approximate surface area is 109 Å². The van der Waals surface area contributed by atoms with Crippen molar-refractivity contribution in [1.29, 1.82) is 0 Å². The molecule has 0 aliphatic heterocycles. The summed E-state index contributed by atoms with van der Waals surface area (Å²) in [5.74, 6) is -0.180. The topological polar surface area (TPSA) is 29.3 Å². The zero-order valence-electron chi connectivity index (χ0n) is 11.2. The summed E-state index contributed by atoms with van der Waals surface area (Å²) in [5.41, 5.74) is 7.32. The number of rotatable bonds is 4. The van der Waals surface area contributed by atoms with Gasteiger partial charge >= 0.3 is 0 Å². The summed E-state index contributed by atoms with van der Waals surface area (Å²) in [6.07, 6.45) is 5.90. The number of hydrogen-bond donors (Lipinski definition) is 1. The fourth-order valence-corrected chi connectivity index (χ4v) is 2.85. The summed E-state index contributed by atoms with van der Waals surface area (Å²) >= 11 is 0. The molecule has 1 aromatic carbocycles. The van der Waals surface area contributed by atoms with Crippen LogP contribution >= 0.6 is 0 Å². The first-order chi connectivity index (χ1) is 8.63. The van der Waals surface area contributed by atoms with Crippen LogP contribution < -0.4 is 10.6 Å². The van der Waals surface area contributed by atoms with E-state index in [1.54, 1.807) is 12.1 Å². The Bertz CT molecular complexity index is 386. The summed E-state index contributed by atoms with van der Waals surface area (Å²) in [7, 11) is 0. The fraction of sp³-hybridized carbons (Fsp3) is 0.600. The molecule has 1 aromatic rings. The largest absolute Gasteiger partial charge is 0.370 e. The molecule has 0 amide bonds. The Kier molecular flexibility index (Phi) is 4.23. The molecule has 1 aliphatic rings. The maximum absolute atomic E-state index is 13.3. The van der Waals surface area contributed by atoms with Gasteiger partial charge in [-0.3, -0.25) is 0 Å². The van der Waals surface area contributed by atoms with Gasteiger partial charge in [0.25, 0.3) is 0 Å². The summed E-state index contributed by atoms with van der Waals surface area (Å²) in [4.78, 5) is 2.19. The van der Waals surface area contributed by atoms with Gasteiger partial charge in [-0.2, -0.15) is 0 Å². The zero-order valence-corrected chi connectivity index (χ0v) is 11.2. The molecular weight excluding hydrogens is 227 g/mol. The van der Waals surface area contributed by atoms with Gasteiger partial charge < -0.3 is 10.6 Å². The monoisotopic (exact) mass is 250 g/mol. The van der Waals surface area contributed by atoms with Crippen LogP contribution in [0, 0.1) is 5.82 Å². The van der Waals surface area contributed by atoms with Crippen LogP contribution in [-0.4, -0.2) is 18.6 Å². The van der Waals surface area contributed by atoms with Gasteiger partial charge in [0.1, 0.15) is 5.82 Å². The Morgan fingerprint density at radius 2 is 2.00 bits per heavy atom. The number of nitrogens with two attached hydrogens (primary N) is 1. The highest BCUT2D eigenvalue weighted by atomic mass is 19.1. The minimum absolute atomic E-state index is 0.0966. The van der Waals surface area contributed by atoms with E-state index in [1.165, 1.54) is 25.3 Å². The van der Waals surface area contributed by atoms with E-state index in [0.717, 1.165) is 31.6 Å². The van der Waals surface area contributed by atoms with E-state index in [4.69, 9.17) is 5.73 Å². The van der Waals surface area contributed by atoms with Crippen LogP contribution in [0.5, 0.6) is 0 Å². The summed E-state index contributed by atoms with van der Waals surface area (Å²) in [5, 5.41) is 0. The van der Waals surface area contributed by atoms with Crippen molar-refractivity contribution in [2.75, 3.05) is 18.0 Å². The lowest BCUT2D eigenvalue weighted by Crippen LogP contribution is -2.51. The molecule has 0 spiro atoms. The normalized spacial score (nSPS) is 18.6. The number of halogens is 1. The molecule has 2 N–H and O–H groups in total. The van der Waals surface area contributed by atoms with E-state index < -0.39 is 0 Å². The molecule has 0 unspecified atom stereocenters. The first-order valence-electron chi connectivity index (χ1n) is 6.92. The summed E-state index contributed by atoms with van der Waals surface area (Å²) in [6.45, 7) is 3.78. The fourth-order valence-electron chi connectivity index (χ4n) is 2.85. The van der Waals surface area contributed by atoms with Gasteiger partial charge in [0.15, 0.2) is 0 Å². The van der Waals surface area contributed by atoms with Crippen LogP contribution in [0.3, 0.4) is 0 Å². The molecule has 0 heterocycles. The minimum Gasteiger partial charge on any atom is -0.370 e. The highest BCUT2D eigenvalue weighted by Crippen LogP contribution is 2.28. The van der Waals surface area contributed by atoms with Gasteiger partial charge in [-0.1, -0.05) is 25.3 Å². The molecule has 0 atom stereocenters. The van der Waals surface area contributed by atoms with Crippen LogP contribution in [0.1, 0.15) is 39.0 Å². The van der Waals surface area contributed by atoms with Crippen molar-refractivity contribution in [3.63, 3.8) is 0 Å². The molecule has 0 saturated heterocycles. The van der Waals surface area contributed by atoms with Crippen molar-refractivity contribution in [3.8, 4) is 0 Å². The molecule has 2 rings (SSSR count). The third-order valence-electron chi connectivity index (χ3n) is 3.91. The quantitative estimate of drug-likeness (QED) is 0.888. The van der Waals surface area contributed by atoms with Gasteiger partial charge in [0, 0.05) is 24.3 Å². The second kappa shape index (κ2) is 5.70. The molecule has 1 fully saturated rings. The standard InChI is InChI=1S/C15H23FN2/c1-2-18(14-8-6-7-13(16)11-14)12-15(17)9-4-3-5-10-15/h6-8,11H,2-5,9-10,12,17H2,1H3. The van der Waals surface area contributed by atoms with E-state index in [0.29, 0.717) is 0 Å². The molecule has 18 heavy (non-hydrogen) atoms. The van der Waals surface area contributed by atoms with Crippen molar-refractivity contribution in [1.82, 2.24) is 0 Å². The van der Waals surface area contributed by atoms with Crippen molar-refractivity contribution < 1.29 is 4.39 Å². The van der Waals surface area contributed by atoms with E-state index in [1.807, 2.05) is 6.07 Å². The Morgan fingerprint density at radius 1 is 1.28 bits per heavy atom. The van der Waals surface area contributed by atoms with Crippen LogP contribution in [0.15, 0.2) is 24.3 Å². The lowest BCUT2D eigenvalue weighted by Gasteiger charge is -2.38. The van der Waals surface area contributed by atoms with E-state index in [-0.39, 0.29) is 11.4 Å². The van der Waals surface area contributed by atoms with Crippen molar-refractivity contribution in [2.24, 2.45) is 5.73 Å². The first-order valence-corrected chi connectivity index (χ1v) is 6.92. The molecule has 0 radical (unpaired) electrons. The molecule has 0 bridgehead atoms. The second-order valence-corrected chi connectivity index (χ2v) is 5.42. The third kappa shape index (κ3) is 3.22. The van der Waals surface area contributed by atoms with E-state index in [2.05, 4.69) is 11.8 Å². The molecular formula is C15H23FN2. The highest BCUT2D eigenvalue weighted by Gasteiger charge is 2.29. The van der Waals surface area contributed by atoms with Crippen molar-refractivity contribution >= 4 is 5.69 Å². The lowest BCUT2D eigenvalue weighted by molar-refractivity contribution is 0.298. The zero-order chi connectivity index (χ0) is 13.0. The van der Waals surface area contributed by atoms with Crippen LogP contribution in [0.25, 0.3) is 0 Å². The number of anilines is 1. The van der Waals surface area contributed by atoms with Gasteiger partial charge in [-0.15, -0.1) is 0 Å². The average Bonchev–Trinajstić information content (AvgIpc) is 2.37. The van der Waals surface area contributed by atoms with Crippen molar-refractivity contribution in [2.45, 2.75) is 44.6 Å². The number of benzene rings is 1. The summed E-state index contributed by atoms with van der Waals surface area (Å²) in [6, 6.07) is 6.79. The van der Waals surface area contributed by atoms with Crippen molar-refractivity contribution in [3.05, 3.63) is 30.1 Å². The predicted octanol–water partition coefficient (Wildman–Crippen LogP) is 3.31. The lowest BCUT2D eigenvalue weighted by atomic mass is 9.82. The Balaban J connectivity index is 2.09. The van der Waals surface area contributed by atoms with Crippen LogP contribution in [-0.2, 0) is 0 Å². The maximum atomic E-state index is 13.3. The van der Waals surface area contributed by atoms with Crippen LogP contribution in [0.4, 0.5) is 10.1 Å². The van der Waals surface area contributed by atoms with E-state index >= 15 is 0 Å². The molecule has 0 aromatic heterocycles. The second-order valence-electron chi connectivity index (χ2n) is 5.42. The number of hydrogen-bond acceptors (Lipinski definition) is 2. The van der Waals surface area contributed by atoms with Gasteiger partial charge in [0.2, 0.25) is 0 Å². The Hall–Kier alpha value is -1.09. The third-order valence-corrected chi connectivity index (χ3v) is 3.91. The average molecular weight is 250 g/mol. The van der Waals surface area contributed by atoms with Gasteiger partial charge in [0.05, 0.1) is 0 Å². The molecule has 1 saturated carbocycles. The predicted molar refractivity (Wildman–Crippen MR) is 74.3 cm³/mol. The summed E-state index contributed by atoms with van der Waals surface area (Å²) < 4.78 is 13.3. The minimum atomic E-state index is -0.180. The molecule has 1 aliphatic carbocycles. The highest BCUT2D eigenvalue weighted by molar-refractivity contribution is 5.46. The van der Waals surface area contributed by atoms with Crippen LogP contribution in [0.2, 0.25) is 0 Å². The Morgan fingerprint density at radius 3 is 2.61 bits per heavy atom. The number of nitrogens with zero attached hydrogens (tertiary/aromatic N) is 1. The smallest absolute Gasteiger partial charge is 0.125 e. The SMILES string of the molecule is CCN(CC1(N)CCCCC1)c1cccc(F)c1. The van der Waals surface area contributed by atoms with Gasteiger partial charge in [-0.05, 0) is 38.0 Å². The molecule has 100 valence electrons. The maximum Gasteiger partial charge on any atom is 0.125 e. The first kappa shape index (κ1) is 13.3. The number of likely N-dealkylation sites (N-methyl/N-ethyl adjacent to an activating group) is 1. The molecule has 3 heteroatoms.